The molecule has 2 aromatic carbocycles. The fourth-order valence-electron chi connectivity index (χ4n) is 3.03. The van der Waals surface area contributed by atoms with E-state index in [1.807, 2.05) is 0 Å². The Hall–Kier alpha value is -3.98. The zero-order valence-electron chi connectivity index (χ0n) is 16.4. The van der Waals surface area contributed by atoms with Crippen molar-refractivity contribution in [2.24, 2.45) is 0 Å². The van der Waals surface area contributed by atoms with Crippen molar-refractivity contribution in [1.29, 1.82) is 0 Å². The quantitative estimate of drug-likeness (QED) is 0.499. The molecule has 31 heavy (non-hydrogen) atoms. The second-order valence-electron chi connectivity index (χ2n) is 6.75. The van der Waals surface area contributed by atoms with Gasteiger partial charge in [-0.2, -0.15) is 5.10 Å². The molecule has 2 amide bonds. The first-order valence-electron chi connectivity index (χ1n) is 9.27. The van der Waals surface area contributed by atoms with E-state index in [0.717, 1.165) is 0 Å². The van der Waals surface area contributed by atoms with Gasteiger partial charge in [0.2, 0.25) is 11.8 Å². The number of hydrogen-bond acceptors (Lipinski definition) is 5. The van der Waals surface area contributed by atoms with Crippen LogP contribution in [0, 0.1) is 0 Å². The van der Waals surface area contributed by atoms with Gasteiger partial charge in [-0.25, -0.2) is 9.67 Å². The number of benzene rings is 2. The predicted octanol–water partition coefficient (Wildman–Crippen LogP) is 2.83. The number of nitrogens with one attached hydrogen (secondary N) is 2. The molecule has 4 rings (SSSR count). The van der Waals surface area contributed by atoms with Crippen molar-refractivity contribution in [3.63, 3.8) is 0 Å². The van der Waals surface area contributed by atoms with Crippen LogP contribution in [0.5, 0.6) is 0 Å². The van der Waals surface area contributed by atoms with E-state index < -0.39 is 0 Å². The molecule has 0 aliphatic rings. The molecule has 0 saturated heterocycles. The van der Waals surface area contributed by atoms with Crippen molar-refractivity contribution < 1.29 is 9.59 Å². The van der Waals surface area contributed by atoms with E-state index in [0.29, 0.717) is 33.1 Å². The van der Waals surface area contributed by atoms with Crippen LogP contribution in [0.3, 0.4) is 0 Å². The number of halogens is 1. The molecule has 0 saturated carbocycles. The molecule has 156 valence electrons. The van der Waals surface area contributed by atoms with Gasteiger partial charge in [0, 0.05) is 23.3 Å². The molecule has 10 heteroatoms. The van der Waals surface area contributed by atoms with Crippen molar-refractivity contribution >= 4 is 45.8 Å². The van der Waals surface area contributed by atoms with E-state index in [4.69, 9.17) is 11.6 Å². The number of aromatic nitrogens is 4. The highest BCUT2D eigenvalue weighted by Gasteiger charge is 2.13. The Balaban J connectivity index is 1.51. The van der Waals surface area contributed by atoms with Crippen LogP contribution in [0.15, 0.2) is 65.8 Å². The van der Waals surface area contributed by atoms with Gasteiger partial charge in [0.25, 0.3) is 5.56 Å². The minimum atomic E-state index is -0.388. The minimum absolute atomic E-state index is 0.182. The number of amides is 2. The molecule has 2 heterocycles. The van der Waals surface area contributed by atoms with Gasteiger partial charge in [0.15, 0.2) is 5.65 Å². The first kappa shape index (κ1) is 20.3. The topological polar surface area (TPSA) is 111 Å². The fraction of sp³-hybridized carbons (Fsp3) is 0.0952. The lowest BCUT2D eigenvalue weighted by atomic mass is 10.2. The zero-order chi connectivity index (χ0) is 22.0. The third kappa shape index (κ3) is 4.46. The Morgan fingerprint density at radius 3 is 2.29 bits per heavy atom. The van der Waals surface area contributed by atoms with E-state index in [1.54, 1.807) is 48.5 Å². The normalized spacial score (nSPS) is 10.8. The van der Waals surface area contributed by atoms with E-state index >= 15 is 0 Å². The average molecular weight is 437 g/mol. The number of carbonyl (C=O) groups excluding carboxylic acids is 2. The lowest BCUT2D eigenvalue weighted by Crippen LogP contribution is -2.27. The van der Waals surface area contributed by atoms with Gasteiger partial charge in [0.05, 0.1) is 11.9 Å². The van der Waals surface area contributed by atoms with Gasteiger partial charge in [-0.3, -0.25) is 19.0 Å². The summed E-state index contributed by atoms with van der Waals surface area (Å²) in [6.07, 6.45) is 2.74. The fourth-order valence-corrected chi connectivity index (χ4v) is 3.15. The first-order chi connectivity index (χ1) is 14.9. The Morgan fingerprint density at radius 2 is 1.65 bits per heavy atom. The maximum absolute atomic E-state index is 12.8. The summed E-state index contributed by atoms with van der Waals surface area (Å²) in [5.74, 6) is -0.570. The van der Waals surface area contributed by atoms with Crippen molar-refractivity contribution in [1.82, 2.24) is 19.3 Å². The van der Waals surface area contributed by atoms with Crippen LogP contribution in [-0.4, -0.2) is 31.1 Å². The van der Waals surface area contributed by atoms with Gasteiger partial charge < -0.3 is 10.6 Å². The molecule has 4 aromatic rings. The molecule has 0 unspecified atom stereocenters. The summed E-state index contributed by atoms with van der Waals surface area (Å²) in [5.41, 5.74) is 1.88. The van der Waals surface area contributed by atoms with Gasteiger partial charge in [-0.05, 0) is 48.5 Å². The molecule has 0 spiro atoms. The number of nitrogens with zero attached hydrogens (tertiary/aromatic N) is 4. The van der Waals surface area contributed by atoms with Crippen molar-refractivity contribution in [3.8, 4) is 5.69 Å². The van der Waals surface area contributed by atoms with Crippen molar-refractivity contribution in [3.05, 3.63) is 76.4 Å². The van der Waals surface area contributed by atoms with E-state index in [-0.39, 0.29) is 23.9 Å². The smallest absolute Gasteiger partial charge is 0.264 e. The van der Waals surface area contributed by atoms with Crippen LogP contribution in [0.4, 0.5) is 11.4 Å². The van der Waals surface area contributed by atoms with E-state index in [2.05, 4.69) is 20.7 Å². The number of hydrogen-bond donors (Lipinski definition) is 2. The lowest BCUT2D eigenvalue weighted by Gasteiger charge is -2.09. The van der Waals surface area contributed by atoms with Crippen LogP contribution in [0.25, 0.3) is 16.7 Å². The Bertz CT molecular complexity index is 1330. The van der Waals surface area contributed by atoms with Crippen LogP contribution >= 0.6 is 11.6 Å². The van der Waals surface area contributed by atoms with Gasteiger partial charge in [0.1, 0.15) is 18.3 Å². The summed E-state index contributed by atoms with van der Waals surface area (Å²) in [5, 5.41) is 10.5. The molecule has 0 bridgehead atoms. The molecule has 2 N–H and O–H groups in total. The summed E-state index contributed by atoms with van der Waals surface area (Å²) < 4.78 is 2.76. The van der Waals surface area contributed by atoms with Crippen LogP contribution in [0.1, 0.15) is 6.92 Å². The largest absolute Gasteiger partial charge is 0.326 e. The summed E-state index contributed by atoms with van der Waals surface area (Å²) >= 11 is 5.92. The third-order valence-corrected chi connectivity index (χ3v) is 4.68. The molecule has 9 nitrogen and oxygen atoms in total. The summed E-state index contributed by atoms with van der Waals surface area (Å²) in [4.78, 5) is 40.6. The lowest BCUT2D eigenvalue weighted by molar-refractivity contribution is -0.117. The number of rotatable bonds is 5. The summed E-state index contributed by atoms with van der Waals surface area (Å²) in [6, 6.07) is 13.6. The molecule has 0 atom stereocenters. The standard InChI is InChI=1S/C21H17ClN6O3/c1-13(29)25-15-4-6-16(7-5-15)26-19(30)11-27-12-23-20-18(21(27)31)10-24-28(20)17-8-2-14(22)3-9-17/h2-10,12H,11H2,1H3,(H,25,29)(H,26,30). The molecular weight excluding hydrogens is 420 g/mol. The average Bonchev–Trinajstić information content (AvgIpc) is 3.17. The maximum atomic E-state index is 12.8. The Labute approximate surface area is 181 Å². The van der Waals surface area contributed by atoms with Gasteiger partial charge in [-0.1, -0.05) is 11.6 Å². The zero-order valence-corrected chi connectivity index (χ0v) is 17.1. The number of carbonyl (C=O) groups is 2. The summed E-state index contributed by atoms with van der Waals surface area (Å²) in [7, 11) is 0. The Morgan fingerprint density at radius 1 is 1.00 bits per heavy atom. The number of anilines is 2. The van der Waals surface area contributed by atoms with Gasteiger partial charge >= 0.3 is 0 Å². The number of fused-ring (bicyclic) bond motifs is 1. The highest BCUT2D eigenvalue weighted by Crippen LogP contribution is 2.17. The van der Waals surface area contributed by atoms with Gasteiger partial charge in [-0.15, -0.1) is 0 Å². The van der Waals surface area contributed by atoms with Crippen LogP contribution < -0.4 is 16.2 Å². The Kier molecular flexibility index (Phi) is 5.50. The van der Waals surface area contributed by atoms with E-state index in [9.17, 15) is 14.4 Å². The predicted molar refractivity (Wildman–Crippen MR) is 118 cm³/mol. The highest BCUT2D eigenvalue weighted by atomic mass is 35.5. The highest BCUT2D eigenvalue weighted by molar-refractivity contribution is 6.30. The second-order valence-corrected chi connectivity index (χ2v) is 7.19. The molecule has 0 fully saturated rings. The van der Waals surface area contributed by atoms with Crippen molar-refractivity contribution in [2.75, 3.05) is 10.6 Å². The summed E-state index contributed by atoms with van der Waals surface area (Å²) in [6.45, 7) is 1.21. The molecular formula is C21H17ClN6O3. The monoisotopic (exact) mass is 436 g/mol. The second kappa shape index (κ2) is 8.41. The molecule has 0 aliphatic carbocycles. The first-order valence-corrected chi connectivity index (χ1v) is 9.65. The molecule has 0 radical (unpaired) electrons. The van der Waals surface area contributed by atoms with Crippen LogP contribution in [0.2, 0.25) is 5.02 Å². The maximum Gasteiger partial charge on any atom is 0.264 e. The molecule has 0 aliphatic heterocycles. The van der Waals surface area contributed by atoms with Crippen LogP contribution in [-0.2, 0) is 16.1 Å². The van der Waals surface area contributed by atoms with Crippen molar-refractivity contribution in [2.45, 2.75) is 13.5 Å². The SMILES string of the molecule is CC(=O)Nc1ccc(NC(=O)Cn2cnc3c(cnn3-c3ccc(Cl)cc3)c2=O)cc1. The third-order valence-electron chi connectivity index (χ3n) is 4.43. The van der Waals surface area contributed by atoms with E-state index in [1.165, 1.54) is 28.7 Å². The molecule has 2 aromatic heterocycles. The minimum Gasteiger partial charge on any atom is -0.326 e.